The number of phenolic OH excluding ortho intramolecular Hbond substituents is 1. The molecule has 1 aromatic rings. The minimum atomic E-state index is -0.421. The molecule has 5 nitrogen and oxygen atoms in total. The number of hydrogen-bond acceptors (Lipinski definition) is 5. The lowest BCUT2D eigenvalue weighted by Gasteiger charge is -2.31. The minimum Gasteiger partial charge on any atom is -0.508 e. The van der Waals surface area contributed by atoms with E-state index >= 15 is 0 Å². The fourth-order valence-corrected chi connectivity index (χ4v) is 2.92. The van der Waals surface area contributed by atoms with Gasteiger partial charge in [0.2, 0.25) is 5.88 Å². The quantitative estimate of drug-likeness (QED) is 0.823. The molecule has 1 atom stereocenters. The van der Waals surface area contributed by atoms with Crippen LogP contribution in [0.2, 0.25) is 0 Å². The van der Waals surface area contributed by atoms with E-state index in [1.807, 2.05) is 6.07 Å². The first-order chi connectivity index (χ1) is 10.1. The van der Waals surface area contributed by atoms with Crippen molar-refractivity contribution in [2.45, 2.75) is 25.2 Å². The molecule has 2 aliphatic rings. The average Bonchev–Trinajstić information content (AvgIpc) is 2.47. The lowest BCUT2D eigenvalue weighted by molar-refractivity contribution is -0.119. The van der Waals surface area contributed by atoms with E-state index in [9.17, 15) is 15.2 Å². The third-order valence-electron chi connectivity index (χ3n) is 3.83. The highest BCUT2D eigenvalue weighted by Gasteiger charge is 2.36. The summed E-state index contributed by atoms with van der Waals surface area (Å²) in [6.45, 7) is 0. The molecular weight excluding hydrogens is 268 g/mol. The Hall–Kier alpha value is -2.74. The number of hydrogen-bond donors (Lipinski definition) is 2. The van der Waals surface area contributed by atoms with Crippen LogP contribution in [0.5, 0.6) is 5.75 Å². The van der Waals surface area contributed by atoms with Crippen molar-refractivity contribution in [3.8, 4) is 11.8 Å². The van der Waals surface area contributed by atoms with E-state index in [0.29, 0.717) is 12.8 Å². The summed E-state index contributed by atoms with van der Waals surface area (Å²) >= 11 is 0. The van der Waals surface area contributed by atoms with Crippen LogP contribution in [0.25, 0.3) is 0 Å². The molecule has 0 spiro atoms. The normalized spacial score (nSPS) is 21.7. The summed E-state index contributed by atoms with van der Waals surface area (Å²) < 4.78 is 5.39. The van der Waals surface area contributed by atoms with Crippen molar-refractivity contribution in [3.05, 3.63) is 52.6 Å². The number of benzene rings is 1. The molecule has 0 radical (unpaired) electrons. The molecule has 1 aliphatic heterocycles. The lowest BCUT2D eigenvalue weighted by atomic mass is 9.78. The fraction of sp³-hybridized carbons (Fsp3) is 0.250. The van der Waals surface area contributed by atoms with Crippen LogP contribution in [-0.4, -0.2) is 10.9 Å². The second-order valence-electron chi connectivity index (χ2n) is 5.15. The minimum absolute atomic E-state index is 0.0279. The molecule has 106 valence electrons. The van der Waals surface area contributed by atoms with Gasteiger partial charge < -0.3 is 15.6 Å². The average molecular weight is 282 g/mol. The summed E-state index contributed by atoms with van der Waals surface area (Å²) in [5.41, 5.74) is 7.61. The number of Topliss-reactive ketones (excluding diaryl/α,β-unsaturated/α-hetero) is 1. The molecule has 1 heterocycles. The van der Waals surface area contributed by atoms with Crippen LogP contribution in [0.1, 0.15) is 30.7 Å². The Bertz CT molecular complexity index is 725. The largest absolute Gasteiger partial charge is 0.508 e. The van der Waals surface area contributed by atoms with Gasteiger partial charge in [-0.3, -0.25) is 4.79 Å². The standard InChI is InChI=1S/C16H14N2O3/c17-8-12-14(9-3-1-4-10(19)7-9)11-5-2-6-13(20)15(11)21-16(12)18/h1,3-4,7,14,19H,2,5-6,18H2. The van der Waals surface area contributed by atoms with Gasteiger partial charge in [-0.1, -0.05) is 12.1 Å². The van der Waals surface area contributed by atoms with Gasteiger partial charge in [0.1, 0.15) is 17.4 Å². The van der Waals surface area contributed by atoms with E-state index in [0.717, 1.165) is 17.6 Å². The first-order valence-electron chi connectivity index (χ1n) is 6.74. The third-order valence-corrected chi connectivity index (χ3v) is 3.83. The summed E-state index contributed by atoms with van der Waals surface area (Å²) in [5.74, 6) is -0.151. The van der Waals surface area contributed by atoms with Crippen molar-refractivity contribution in [2.75, 3.05) is 0 Å². The summed E-state index contributed by atoms with van der Waals surface area (Å²) in [6.07, 6.45) is 1.84. The molecule has 0 saturated heterocycles. The number of ketones is 1. The predicted molar refractivity (Wildman–Crippen MR) is 74.6 cm³/mol. The van der Waals surface area contributed by atoms with Gasteiger partial charge in [-0.2, -0.15) is 5.26 Å². The van der Waals surface area contributed by atoms with Gasteiger partial charge in [0.05, 0.1) is 0 Å². The van der Waals surface area contributed by atoms with Crippen LogP contribution in [0.4, 0.5) is 0 Å². The highest BCUT2D eigenvalue weighted by atomic mass is 16.5. The van der Waals surface area contributed by atoms with E-state index in [1.165, 1.54) is 0 Å². The van der Waals surface area contributed by atoms with E-state index in [-0.39, 0.29) is 28.7 Å². The zero-order valence-corrected chi connectivity index (χ0v) is 11.3. The van der Waals surface area contributed by atoms with Crippen LogP contribution < -0.4 is 5.73 Å². The summed E-state index contributed by atoms with van der Waals surface area (Å²) in [4.78, 5) is 12.0. The SMILES string of the molecule is N#CC1=C(N)OC2=C(CCCC2=O)C1c1cccc(O)c1. The number of phenols is 1. The molecule has 1 aromatic carbocycles. The molecular formula is C16H14N2O3. The third kappa shape index (κ3) is 2.15. The maximum Gasteiger partial charge on any atom is 0.205 e. The van der Waals surface area contributed by atoms with Crippen LogP contribution in [0.3, 0.4) is 0 Å². The number of nitriles is 1. The van der Waals surface area contributed by atoms with E-state index in [1.54, 1.807) is 18.2 Å². The second-order valence-corrected chi connectivity index (χ2v) is 5.15. The van der Waals surface area contributed by atoms with Crippen LogP contribution >= 0.6 is 0 Å². The number of ether oxygens (including phenoxy) is 1. The monoisotopic (exact) mass is 282 g/mol. The number of carbonyl (C=O) groups is 1. The number of carbonyl (C=O) groups excluding carboxylic acids is 1. The molecule has 0 bridgehead atoms. The Morgan fingerprint density at radius 3 is 2.90 bits per heavy atom. The topological polar surface area (TPSA) is 96.3 Å². The smallest absolute Gasteiger partial charge is 0.205 e. The highest BCUT2D eigenvalue weighted by molar-refractivity contribution is 5.96. The molecule has 0 saturated carbocycles. The Kier molecular flexibility index (Phi) is 3.15. The zero-order chi connectivity index (χ0) is 15.0. The lowest BCUT2D eigenvalue weighted by Crippen LogP contribution is -2.26. The molecule has 0 amide bonds. The molecule has 5 heteroatoms. The maximum atomic E-state index is 12.0. The van der Waals surface area contributed by atoms with Crippen molar-refractivity contribution >= 4 is 5.78 Å². The van der Waals surface area contributed by atoms with Crippen molar-refractivity contribution < 1.29 is 14.6 Å². The summed E-state index contributed by atoms with van der Waals surface area (Å²) in [5, 5.41) is 19.1. The Morgan fingerprint density at radius 1 is 1.38 bits per heavy atom. The van der Waals surface area contributed by atoms with Gasteiger partial charge in [-0.15, -0.1) is 0 Å². The van der Waals surface area contributed by atoms with Crippen molar-refractivity contribution in [3.63, 3.8) is 0 Å². The molecule has 1 aliphatic carbocycles. The molecule has 3 rings (SSSR count). The fourth-order valence-electron chi connectivity index (χ4n) is 2.92. The van der Waals surface area contributed by atoms with Gasteiger partial charge in [0.25, 0.3) is 0 Å². The molecule has 0 aromatic heterocycles. The number of nitrogens with two attached hydrogens (primary N) is 1. The van der Waals surface area contributed by atoms with Crippen molar-refractivity contribution in [1.29, 1.82) is 5.26 Å². The first-order valence-corrected chi connectivity index (χ1v) is 6.74. The van der Waals surface area contributed by atoms with Gasteiger partial charge in [-0.25, -0.2) is 0 Å². The van der Waals surface area contributed by atoms with Gasteiger partial charge in [-0.05, 0) is 36.1 Å². The van der Waals surface area contributed by atoms with Gasteiger partial charge in [0.15, 0.2) is 11.5 Å². The number of aromatic hydroxyl groups is 1. The van der Waals surface area contributed by atoms with Crippen molar-refractivity contribution in [1.82, 2.24) is 0 Å². The van der Waals surface area contributed by atoms with Crippen LogP contribution in [0, 0.1) is 11.3 Å². The maximum absolute atomic E-state index is 12.0. The second kappa shape index (κ2) is 4.98. The number of rotatable bonds is 1. The van der Waals surface area contributed by atoms with Crippen LogP contribution in [-0.2, 0) is 9.53 Å². The summed E-state index contributed by atoms with van der Waals surface area (Å²) in [7, 11) is 0. The molecule has 21 heavy (non-hydrogen) atoms. The highest BCUT2D eigenvalue weighted by Crippen LogP contribution is 2.44. The van der Waals surface area contributed by atoms with E-state index < -0.39 is 5.92 Å². The molecule has 3 N–H and O–H groups in total. The first kappa shape index (κ1) is 13.3. The van der Waals surface area contributed by atoms with Gasteiger partial charge in [0, 0.05) is 12.3 Å². The van der Waals surface area contributed by atoms with Crippen LogP contribution in [0.15, 0.2) is 47.1 Å². The number of nitrogens with zero attached hydrogens (tertiary/aromatic N) is 1. The number of allylic oxidation sites excluding steroid dienone is 3. The van der Waals surface area contributed by atoms with E-state index in [4.69, 9.17) is 10.5 Å². The summed E-state index contributed by atoms with van der Waals surface area (Å²) in [6, 6.07) is 8.73. The Balaban J connectivity index is 2.18. The van der Waals surface area contributed by atoms with Gasteiger partial charge >= 0.3 is 0 Å². The molecule has 1 unspecified atom stereocenters. The Labute approximate surface area is 121 Å². The predicted octanol–water partition coefficient (Wildman–Crippen LogP) is 2.21. The molecule has 0 fully saturated rings. The van der Waals surface area contributed by atoms with Crippen molar-refractivity contribution in [2.24, 2.45) is 5.73 Å². The zero-order valence-electron chi connectivity index (χ0n) is 11.3. The Morgan fingerprint density at radius 2 is 2.19 bits per heavy atom. The van der Waals surface area contributed by atoms with E-state index in [2.05, 4.69) is 6.07 Å².